The number of benzene rings is 3. The van der Waals surface area contributed by atoms with Crippen molar-refractivity contribution in [1.82, 2.24) is 0 Å². The monoisotopic (exact) mass is 497 g/mol. The van der Waals surface area contributed by atoms with E-state index in [0.29, 0.717) is 0 Å². The van der Waals surface area contributed by atoms with Crippen molar-refractivity contribution in [2.75, 3.05) is 0 Å². The first-order valence-electron chi connectivity index (χ1n) is 10.4. The number of aryl methyl sites for hydroxylation is 3. The molecule has 3 rings (SSSR count). The molecule has 0 spiro atoms. The molecule has 1 heteroatoms. The summed E-state index contributed by atoms with van der Waals surface area (Å²) in [6.45, 7) is 18.4. The normalized spacial score (nSPS) is 12.3. The quantitative estimate of drug-likeness (QED) is 0.470. The van der Waals surface area contributed by atoms with Gasteiger partial charge >= 0.3 is 21.2 Å². The van der Waals surface area contributed by atoms with Gasteiger partial charge in [-0.3, -0.25) is 0 Å². The van der Waals surface area contributed by atoms with Crippen molar-refractivity contribution in [1.29, 1.82) is 0 Å². The lowest BCUT2D eigenvalue weighted by molar-refractivity contribution is -0.598. The zero-order valence-electron chi connectivity index (χ0n) is 19.2. The van der Waals surface area contributed by atoms with E-state index in [1.165, 1.54) is 37.0 Å². The van der Waals surface area contributed by atoms with Crippen LogP contribution in [-0.4, -0.2) is 0 Å². The molecule has 3 aromatic rings. The van der Waals surface area contributed by atoms with Crippen LogP contribution in [0.3, 0.4) is 0 Å². The minimum Gasteiger partial charge on any atom is -0.0622 e. The van der Waals surface area contributed by atoms with Gasteiger partial charge < -0.3 is 0 Å². The average molecular weight is 497 g/mol. The second-order valence-corrected chi connectivity index (χ2v) is 12.6. The van der Waals surface area contributed by atoms with Gasteiger partial charge in [0.15, 0.2) is 7.14 Å². The molecule has 0 heterocycles. The van der Waals surface area contributed by atoms with E-state index in [4.69, 9.17) is 0 Å². The van der Waals surface area contributed by atoms with Gasteiger partial charge in [0, 0.05) is 16.5 Å². The summed E-state index contributed by atoms with van der Waals surface area (Å²) in [5.74, 6) is 0. The predicted octanol–water partition coefficient (Wildman–Crippen LogP) is 4.36. The molecular weight excluding hydrogens is 463 g/mol. The van der Waals surface area contributed by atoms with Gasteiger partial charge in [-0.15, -0.1) is 0 Å². The smallest absolute Gasteiger partial charge is 0.0622 e. The third-order valence-corrected chi connectivity index (χ3v) is 9.25. The third kappa shape index (κ3) is 4.94. The highest BCUT2D eigenvalue weighted by Gasteiger charge is 2.30. The molecule has 0 saturated heterocycles. The average Bonchev–Trinajstić information content (AvgIpc) is 2.64. The summed E-state index contributed by atoms with van der Waals surface area (Å²) < 4.78 is 3.09. The van der Waals surface area contributed by atoms with Crippen LogP contribution in [0, 0.1) is 27.9 Å². The van der Waals surface area contributed by atoms with Crippen LogP contribution >= 0.6 is 0 Å². The van der Waals surface area contributed by atoms with E-state index in [0.717, 1.165) is 0 Å². The predicted molar refractivity (Wildman–Crippen MR) is 122 cm³/mol. The first-order valence-corrected chi connectivity index (χ1v) is 12.6. The van der Waals surface area contributed by atoms with Crippen LogP contribution in [0.4, 0.5) is 0 Å². The Morgan fingerprint density at radius 2 is 1.17 bits per heavy atom. The van der Waals surface area contributed by atoms with Crippen molar-refractivity contribution in [3.05, 3.63) is 101 Å². The summed E-state index contributed by atoms with van der Waals surface area (Å²) >= 11 is -0.228. The first-order chi connectivity index (χ1) is 13.5. The van der Waals surface area contributed by atoms with Crippen LogP contribution < -0.4 is 21.2 Å². The van der Waals surface area contributed by atoms with Gasteiger partial charge in [-0.1, -0.05) is 88.7 Å². The maximum atomic E-state index is 2.48. The molecule has 0 fully saturated rings. The molecular formula is C28H34I+. The lowest BCUT2D eigenvalue weighted by Crippen LogP contribution is -3.62. The molecule has 3 aromatic carbocycles. The second kappa shape index (κ2) is 8.26. The molecule has 29 heavy (non-hydrogen) atoms. The third-order valence-electron chi connectivity index (χ3n) is 5.77. The maximum Gasteiger partial charge on any atom is 0.358 e. The van der Waals surface area contributed by atoms with Crippen molar-refractivity contribution >= 4 is 0 Å². The first kappa shape index (κ1) is 22.1. The lowest BCUT2D eigenvalue weighted by atomic mass is 9.76. The van der Waals surface area contributed by atoms with Gasteiger partial charge in [-0.05, 0) is 55.0 Å². The van der Waals surface area contributed by atoms with Gasteiger partial charge in [-0.2, -0.15) is 0 Å². The molecule has 0 nitrogen and oxygen atoms in total. The minimum absolute atomic E-state index is 0.0155. The fraction of sp³-hybridized carbons (Fsp3) is 0.357. The summed E-state index contributed by atoms with van der Waals surface area (Å²) in [5, 5.41) is 0. The molecule has 0 aliphatic carbocycles. The van der Waals surface area contributed by atoms with Crippen LogP contribution in [0.5, 0.6) is 0 Å². The summed E-state index contributed by atoms with van der Waals surface area (Å²) in [4.78, 5) is 0. The SMILES string of the molecule is Cc1cc(C)c([I+]c2cc(C(C)(C)C)cc(C(C)(C)c3ccccc3)c2)c(C)c1. The van der Waals surface area contributed by atoms with Crippen LogP contribution in [-0.2, 0) is 10.8 Å². The van der Waals surface area contributed by atoms with E-state index in [1.54, 1.807) is 3.57 Å². The van der Waals surface area contributed by atoms with E-state index in [9.17, 15) is 0 Å². The number of halogens is 1. The van der Waals surface area contributed by atoms with E-state index >= 15 is 0 Å². The second-order valence-electron chi connectivity index (χ2n) is 9.78. The zero-order chi connectivity index (χ0) is 21.4. The molecule has 0 bridgehead atoms. The highest BCUT2D eigenvalue weighted by Crippen LogP contribution is 2.34. The zero-order valence-corrected chi connectivity index (χ0v) is 21.3. The van der Waals surface area contributed by atoms with Gasteiger partial charge in [0.25, 0.3) is 0 Å². The van der Waals surface area contributed by atoms with Crippen molar-refractivity contribution in [3.63, 3.8) is 0 Å². The van der Waals surface area contributed by atoms with Crippen LogP contribution in [0.15, 0.2) is 60.7 Å². The highest BCUT2D eigenvalue weighted by atomic mass is 127. The molecule has 0 amide bonds. The lowest BCUT2D eigenvalue weighted by Gasteiger charge is -2.28. The van der Waals surface area contributed by atoms with Gasteiger partial charge in [0.1, 0.15) is 0 Å². The largest absolute Gasteiger partial charge is 0.358 e. The fourth-order valence-corrected chi connectivity index (χ4v) is 6.65. The van der Waals surface area contributed by atoms with Gasteiger partial charge in [0.2, 0.25) is 0 Å². The highest BCUT2D eigenvalue weighted by molar-refractivity contribution is 5.40. The molecule has 0 aliphatic rings. The standard InChI is InChI=1S/C28H34I/c1-19-14-20(2)26(21(3)15-19)29-25-17-23(27(4,5)6)16-24(18-25)28(7,8)22-12-10-9-11-13-22/h9-18H,1-8H3/q+1. The van der Waals surface area contributed by atoms with E-state index in [2.05, 4.69) is 116 Å². The molecule has 0 unspecified atom stereocenters. The Kier molecular flexibility index (Phi) is 6.29. The Labute approximate surface area is 188 Å². The summed E-state index contributed by atoms with van der Waals surface area (Å²) in [5.41, 5.74) is 8.61. The van der Waals surface area contributed by atoms with Crippen LogP contribution in [0.25, 0.3) is 0 Å². The van der Waals surface area contributed by atoms with Crippen LogP contribution in [0.2, 0.25) is 0 Å². The minimum atomic E-state index is -0.228. The van der Waals surface area contributed by atoms with Gasteiger partial charge in [0.05, 0.1) is 0 Å². The summed E-state index contributed by atoms with van der Waals surface area (Å²) in [6, 6.07) is 23.0. The summed E-state index contributed by atoms with van der Waals surface area (Å²) in [7, 11) is 0. The molecule has 0 saturated carbocycles. The molecule has 0 aromatic heterocycles. The summed E-state index contributed by atoms with van der Waals surface area (Å²) in [6.07, 6.45) is 0. The number of rotatable bonds is 4. The molecule has 152 valence electrons. The van der Waals surface area contributed by atoms with Crippen molar-refractivity contribution < 1.29 is 21.2 Å². The Hall–Kier alpha value is -1.61. The van der Waals surface area contributed by atoms with Crippen molar-refractivity contribution in [2.24, 2.45) is 0 Å². The topological polar surface area (TPSA) is 0 Å². The molecule has 0 radical (unpaired) electrons. The Bertz CT molecular complexity index is 981. The number of hydrogen-bond acceptors (Lipinski definition) is 0. The molecule has 0 N–H and O–H groups in total. The van der Waals surface area contributed by atoms with Crippen molar-refractivity contribution in [3.8, 4) is 0 Å². The fourth-order valence-electron chi connectivity index (χ4n) is 3.88. The Morgan fingerprint density at radius 3 is 1.72 bits per heavy atom. The van der Waals surface area contributed by atoms with Crippen molar-refractivity contribution in [2.45, 2.75) is 66.2 Å². The van der Waals surface area contributed by atoms with Crippen LogP contribution in [0.1, 0.15) is 68.0 Å². The van der Waals surface area contributed by atoms with E-state index < -0.39 is 0 Å². The molecule has 0 atom stereocenters. The van der Waals surface area contributed by atoms with Gasteiger partial charge in [-0.25, -0.2) is 0 Å². The molecule has 0 aliphatic heterocycles. The maximum absolute atomic E-state index is 2.48. The number of hydrogen-bond donors (Lipinski definition) is 0. The Morgan fingerprint density at radius 1 is 0.621 bits per heavy atom. The van der Waals surface area contributed by atoms with E-state index in [1.807, 2.05) is 0 Å². The Balaban J connectivity index is 2.13. The van der Waals surface area contributed by atoms with E-state index in [-0.39, 0.29) is 32.0 Å².